The van der Waals surface area contributed by atoms with E-state index in [1.807, 2.05) is 17.6 Å². The summed E-state index contributed by atoms with van der Waals surface area (Å²) in [4.78, 5) is 13.1. The van der Waals surface area contributed by atoms with Gasteiger partial charge in [-0.15, -0.1) is 0 Å². The van der Waals surface area contributed by atoms with Crippen LogP contribution in [0, 0.1) is 12.7 Å². The van der Waals surface area contributed by atoms with Gasteiger partial charge in [0.15, 0.2) is 16.1 Å². The molecule has 1 saturated heterocycles. The summed E-state index contributed by atoms with van der Waals surface area (Å²) in [5.41, 5.74) is 3.01. The van der Waals surface area contributed by atoms with Crippen molar-refractivity contribution < 1.29 is 36.6 Å². The van der Waals surface area contributed by atoms with Gasteiger partial charge in [0.05, 0.1) is 36.5 Å². The Hall–Kier alpha value is -3.25. The summed E-state index contributed by atoms with van der Waals surface area (Å²) >= 11 is 0. The van der Waals surface area contributed by atoms with Gasteiger partial charge in [-0.25, -0.2) is 17.6 Å². The van der Waals surface area contributed by atoms with E-state index in [4.69, 9.17) is 18.9 Å². The number of rotatable bonds is 11. The first-order valence-corrected chi connectivity index (χ1v) is 16.3. The number of hydrogen-bond donors (Lipinski definition) is 1. The topological polar surface area (TPSA) is 105 Å². The van der Waals surface area contributed by atoms with Gasteiger partial charge in [-0.2, -0.15) is 0 Å². The lowest BCUT2D eigenvalue weighted by molar-refractivity contribution is -0.169. The Bertz CT molecular complexity index is 1470. The lowest BCUT2D eigenvalue weighted by Crippen LogP contribution is -2.37. The Kier molecular flexibility index (Phi) is 10.7. The van der Waals surface area contributed by atoms with Gasteiger partial charge in [-0.1, -0.05) is 12.1 Å². The van der Waals surface area contributed by atoms with Crippen LogP contribution < -0.4 is 5.32 Å². The molecule has 1 aromatic heterocycles. The van der Waals surface area contributed by atoms with E-state index in [9.17, 15) is 17.6 Å². The summed E-state index contributed by atoms with van der Waals surface area (Å²) in [5.74, 6) is -0.369. The van der Waals surface area contributed by atoms with Crippen molar-refractivity contribution in [2.45, 2.75) is 69.8 Å². The molecule has 0 saturated carbocycles. The van der Waals surface area contributed by atoms with E-state index in [0.717, 1.165) is 48.0 Å². The monoisotopic (exact) mass is 616 g/mol. The summed E-state index contributed by atoms with van der Waals surface area (Å²) in [6.07, 6.45) is 3.29. The van der Waals surface area contributed by atoms with Crippen LogP contribution in [-0.2, 0) is 28.8 Å². The van der Waals surface area contributed by atoms with Gasteiger partial charge in [0.25, 0.3) is 0 Å². The molecule has 4 rings (SSSR count). The van der Waals surface area contributed by atoms with Crippen LogP contribution in [0.15, 0.2) is 59.5 Å². The fraction of sp³-hybridized carbons (Fsp3) is 0.469. The first-order chi connectivity index (χ1) is 20.3. The molecule has 1 amide bonds. The highest BCUT2D eigenvalue weighted by molar-refractivity contribution is 7.90. The molecule has 0 aliphatic carbocycles. The standard InChI is InChI=1S/C32H41FN2O7S/c1-22-27(28(34-31(36)42-32(2,3)4)21-39-18-19-41-30-8-6-7-17-40-30)20-29(35(22)25-13-11-24(33)12-14-25)23-9-15-26(16-10-23)43(5,37)38/h9-16,20,28,30H,6-8,17-19,21H2,1-5H3,(H,34,36). The number of ether oxygens (including phenoxy) is 4. The number of sulfone groups is 1. The van der Waals surface area contributed by atoms with Gasteiger partial charge in [0.1, 0.15) is 11.4 Å². The zero-order valence-electron chi connectivity index (χ0n) is 25.4. The first-order valence-electron chi connectivity index (χ1n) is 14.4. The minimum absolute atomic E-state index is 0.134. The van der Waals surface area contributed by atoms with E-state index in [2.05, 4.69) is 5.32 Å². The van der Waals surface area contributed by atoms with Gasteiger partial charge in [-0.3, -0.25) is 0 Å². The smallest absolute Gasteiger partial charge is 0.408 e. The zero-order valence-corrected chi connectivity index (χ0v) is 26.2. The lowest BCUT2D eigenvalue weighted by Gasteiger charge is -2.25. The number of nitrogens with one attached hydrogen (secondary N) is 1. The molecule has 43 heavy (non-hydrogen) atoms. The molecule has 9 nitrogen and oxygen atoms in total. The van der Waals surface area contributed by atoms with Crippen LogP contribution in [-0.4, -0.2) is 63.7 Å². The molecule has 2 aromatic carbocycles. The Morgan fingerprint density at radius 3 is 2.40 bits per heavy atom. The van der Waals surface area contributed by atoms with Crippen LogP contribution >= 0.6 is 0 Å². The SMILES string of the molecule is Cc1c(C(COCCOC2CCCCO2)NC(=O)OC(C)(C)C)cc(-c2ccc(S(C)(=O)=O)cc2)n1-c1ccc(F)cc1. The van der Waals surface area contributed by atoms with Gasteiger partial charge in [0.2, 0.25) is 0 Å². The van der Waals surface area contributed by atoms with Crippen LogP contribution in [0.4, 0.5) is 9.18 Å². The Morgan fingerprint density at radius 2 is 1.79 bits per heavy atom. The summed E-state index contributed by atoms with van der Waals surface area (Å²) in [6.45, 7) is 8.74. The maximum atomic E-state index is 13.9. The second-order valence-corrected chi connectivity index (χ2v) is 13.6. The highest BCUT2D eigenvalue weighted by Gasteiger charge is 2.26. The van der Waals surface area contributed by atoms with E-state index in [-0.39, 0.29) is 23.6 Å². The third-order valence-electron chi connectivity index (χ3n) is 6.97. The summed E-state index contributed by atoms with van der Waals surface area (Å²) < 4.78 is 62.9. The second-order valence-electron chi connectivity index (χ2n) is 11.6. The van der Waals surface area contributed by atoms with Crippen LogP contribution in [0.3, 0.4) is 0 Å². The molecular weight excluding hydrogens is 575 g/mol. The molecule has 1 aliphatic rings. The molecule has 1 fully saturated rings. The molecular formula is C32H41FN2O7S. The molecule has 2 atom stereocenters. The molecule has 0 spiro atoms. The number of alkyl carbamates (subject to hydrolysis) is 1. The maximum absolute atomic E-state index is 13.9. The fourth-order valence-electron chi connectivity index (χ4n) is 4.93. The number of hydrogen-bond acceptors (Lipinski definition) is 7. The van der Waals surface area contributed by atoms with Crippen molar-refractivity contribution in [1.29, 1.82) is 0 Å². The minimum Gasteiger partial charge on any atom is -0.444 e. The van der Waals surface area contributed by atoms with E-state index < -0.39 is 27.6 Å². The van der Waals surface area contributed by atoms with Crippen LogP contribution in [0.2, 0.25) is 0 Å². The van der Waals surface area contributed by atoms with E-state index in [0.29, 0.717) is 25.5 Å². The van der Waals surface area contributed by atoms with Crippen molar-refractivity contribution in [3.05, 3.63) is 71.7 Å². The van der Waals surface area contributed by atoms with Crippen molar-refractivity contribution in [3.63, 3.8) is 0 Å². The first kappa shape index (κ1) is 32.7. The molecule has 11 heteroatoms. The van der Waals surface area contributed by atoms with Gasteiger partial charge < -0.3 is 28.8 Å². The van der Waals surface area contributed by atoms with Gasteiger partial charge in [-0.05, 0) is 101 Å². The van der Waals surface area contributed by atoms with Gasteiger partial charge >= 0.3 is 6.09 Å². The van der Waals surface area contributed by atoms with Crippen molar-refractivity contribution in [3.8, 4) is 16.9 Å². The molecule has 2 heterocycles. The number of aromatic nitrogens is 1. The molecule has 1 aliphatic heterocycles. The summed E-state index contributed by atoms with van der Waals surface area (Å²) in [5, 5.41) is 2.95. The van der Waals surface area contributed by atoms with E-state index in [1.165, 1.54) is 12.1 Å². The van der Waals surface area contributed by atoms with Crippen LogP contribution in [0.1, 0.15) is 57.3 Å². The fourth-order valence-corrected chi connectivity index (χ4v) is 5.56. The molecule has 1 N–H and O–H groups in total. The average Bonchev–Trinajstić information content (AvgIpc) is 3.28. The number of nitrogens with zero attached hydrogens (tertiary/aromatic N) is 1. The Morgan fingerprint density at radius 1 is 1.09 bits per heavy atom. The summed E-state index contributed by atoms with van der Waals surface area (Å²) in [6, 6.07) is 14.0. The second kappa shape index (κ2) is 14.0. The van der Waals surface area contributed by atoms with Crippen molar-refractivity contribution in [1.82, 2.24) is 9.88 Å². The normalized spacial score (nSPS) is 16.6. The number of carbonyl (C=O) groups excluding carboxylic acids is 1. The quantitative estimate of drug-likeness (QED) is 0.259. The zero-order chi connectivity index (χ0) is 31.2. The highest BCUT2D eigenvalue weighted by atomic mass is 32.2. The number of benzene rings is 2. The van der Waals surface area contributed by atoms with Gasteiger partial charge in [0, 0.05) is 24.2 Å². The number of halogens is 1. The van der Waals surface area contributed by atoms with Crippen molar-refractivity contribution in [2.75, 3.05) is 32.7 Å². The molecule has 3 aromatic rings. The van der Waals surface area contributed by atoms with Crippen LogP contribution in [0.5, 0.6) is 0 Å². The molecule has 0 bridgehead atoms. The lowest BCUT2D eigenvalue weighted by atomic mass is 10.1. The number of carbonyl (C=O) groups is 1. The largest absolute Gasteiger partial charge is 0.444 e. The third kappa shape index (κ3) is 9.12. The molecule has 0 radical (unpaired) electrons. The molecule has 2 unspecified atom stereocenters. The van der Waals surface area contributed by atoms with Crippen molar-refractivity contribution >= 4 is 15.9 Å². The summed E-state index contributed by atoms with van der Waals surface area (Å²) in [7, 11) is -3.38. The average molecular weight is 617 g/mol. The minimum atomic E-state index is -3.38. The van der Waals surface area contributed by atoms with Crippen molar-refractivity contribution in [2.24, 2.45) is 0 Å². The maximum Gasteiger partial charge on any atom is 0.408 e. The predicted octanol–water partition coefficient (Wildman–Crippen LogP) is 6.12. The predicted molar refractivity (Wildman–Crippen MR) is 161 cm³/mol. The van der Waals surface area contributed by atoms with E-state index >= 15 is 0 Å². The molecule has 234 valence electrons. The Balaban J connectivity index is 1.66. The Labute approximate surface area is 253 Å². The van der Waals surface area contributed by atoms with Crippen LogP contribution in [0.25, 0.3) is 16.9 Å². The number of amides is 1. The van der Waals surface area contributed by atoms with E-state index in [1.54, 1.807) is 57.2 Å². The highest BCUT2D eigenvalue weighted by Crippen LogP contribution is 2.33. The third-order valence-corrected chi connectivity index (χ3v) is 8.10.